The van der Waals surface area contributed by atoms with E-state index in [1.807, 2.05) is 45.9 Å². The molecule has 10 heteroatoms. The fourth-order valence-corrected chi connectivity index (χ4v) is 9.13. The molecule has 49 heavy (non-hydrogen) atoms. The number of para-hydroxylation sites is 1. The second kappa shape index (κ2) is 14.5. The maximum absolute atomic E-state index is 14.3. The van der Waals surface area contributed by atoms with Crippen LogP contribution in [0.3, 0.4) is 0 Å². The molecule has 1 N–H and O–H groups in total. The first-order valence-electron chi connectivity index (χ1n) is 18.6. The number of hydrogen-bond donors (Lipinski definition) is 1. The molecule has 0 spiro atoms. The average molecular weight is 668 g/mol. The monoisotopic (exact) mass is 667 g/mol. The number of likely N-dealkylation sites (tertiary alicyclic amines) is 3. The number of benzene rings is 2. The Kier molecular flexibility index (Phi) is 9.94. The standard InChI is InChI=1S/C39H53N7O3/c1-27-22-28(24-33-26-40-43(3)37(27)33)23-32(38(48)45-17-10-30(11-18-45)29-8-15-42(2)16-9-29)25-36(47)44-19-13-34(14-20-44)46-21-12-31-6-4-5-7-35(31)41-39(46)49/h4-7,22,24,26,29-30,32,34H,8-21,23,25H2,1-3H3,(H,41,49). The van der Waals surface area contributed by atoms with Crippen LogP contribution in [0.25, 0.3) is 10.9 Å². The van der Waals surface area contributed by atoms with Gasteiger partial charge in [0.2, 0.25) is 11.8 Å². The molecular formula is C39H53N7O3. The second-order valence-corrected chi connectivity index (χ2v) is 15.2. The summed E-state index contributed by atoms with van der Waals surface area (Å²) >= 11 is 0. The normalized spacial score (nSPS) is 21.0. The van der Waals surface area contributed by atoms with Crippen molar-refractivity contribution in [2.75, 3.05) is 58.2 Å². The van der Waals surface area contributed by atoms with Gasteiger partial charge in [-0.3, -0.25) is 14.3 Å². The maximum Gasteiger partial charge on any atom is 0.322 e. The molecule has 0 bridgehead atoms. The summed E-state index contributed by atoms with van der Waals surface area (Å²) in [5.41, 5.74) is 5.36. The van der Waals surface area contributed by atoms with Crippen LogP contribution >= 0.6 is 0 Å². The van der Waals surface area contributed by atoms with Crippen molar-refractivity contribution in [2.45, 2.75) is 70.8 Å². The Morgan fingerprint density at radius 1 is 0.878 bits per heavy atom. The number of carbonyl (C=O) groups is 3. The highest BCUT2D eigenvalue weighted by molar-refractivity contribution is 5.91. The lowest BCUT2D eigenvalue weighted by atomic mass is 9.78. The number of nitrogens with zero attached hydrogens (tertiary/aromatic N) is 6. The summed E-state index contributed by atoms with van der Waals surface area (Å²) in [6, 6.07) is 12.3. The number of urea groups is 1. The first-order chi connectivity index (χ1) is 23.7. The molecule has 4 aliphatic rings. The molecule has 0 radical (unpaired) electrons. The lowest BCUT2D eigenvalue weighted by Gasteiger charge is -2.40. The quantitative estimate of drug-likeness (QED) is 0.379. The van der Waals surface area contributed by atoms with Gasteiger partial charge in [-0.05, 0) is 119 Å². The summed E-state index contributed by atoms with van der Waals surface area (Å²) in [6.45, 7) is 7.89. The van der Waals surface area contributed by atoms with Crippen LogP contribution in [0.4, 0.5) is 10.5 Å². The van der Waals surface area contributed by atoms with Crippen LogP contribution in [-0.4, -0.2) is 106 Å². The van der Waals surface area contributed by atoms with Crippen molar-refractivity contribution in [1.82, 2.24) is 29.4 Å². The number of aromatic nitrogens is 2. The number of aryl methyl sites for hydroxylation is 2. The molecule has 2 aromatic carbocycles. The molecule has 10 nitrogen and oxygen atoms in total. The second-order valence-electron chi connectivity index (χ2n) is 15.2. The van der Waals surface area contributed by atoms with Gasteiger partial charge in [0.05, 0.1) is 17.6 Å². The predicted molar refractivity (Wildman–Crippen MR) is 192 cm³/mol. The van der Waals surface area contributed by atoms with Crippen LogP contribution in [0.15, 0.2) is 42.6 Å². The lowest BCUT2D eigenvalue weighted by molar-refractivity contribution is -0.143. The zero-order chi connectivity index (χ0) is 34.1. The average Bonchev–Trinajstić information content (AvgIpc) is 3.40. The van der Waals surface area contributed by atoms with Gasteiger partial charge in [-0.1, -0.05) is 24.3 Å². The summed E-state index contributed by atoms with van der Waals surface area (Å²) in [7, 11) is 4.17. The van der Waals surface area contributed by atoms with Gasteiger partial charge in [0, 0.05) is 63.3 Å². The van der Waals surface area contributed by atoms with Gasteiger partial charge in [0.1, 0.15) is 0 Å². The highest BCUT2D eigenvalue weighted by atomic mass is 16.2. The summed E-state index contributed by atoms with van der Waals surface area (Å²) in [5.74, 6) is 1.21. The van der Waals surface area contributed by atoms with E-state index in [0.717, 1.165) is 84.4 Å². The van der Waals surface area contributed by atoms with Crippen molar-refractivity contribution in [2.24, 2.45) is 24.8 Å². The number of anilines is 1. The molecule has 0 saturated carbocycles. The van der Waals surface area contributed by atoms with E-state index >= 15 is 0 Å². The van der Waals surface area contributed by atoms with Crippen molar-refractivity contribution in [3.8, 4) is 0 Å². The number of rotatable bonds is 7. The molecular weight excluding hydrogens is 614 g/mol. The minimum atomic E-state index is -0.409. The molecule has 4 aliphatic heterocycles. The first-order valence-corrected chi connectivity index (χ1v) is 18.6. The van der Waals surface area contributed by atoms with Crippen molar-refractivity contribution in [3.63, 3.8) is 0 Å². The number of carbonyl (C=O) groups excluding carboxylic acids is 3. The third-order valence-corrected chi connectivity index (χ3v) is 12.0. The van der Waals surface area contributed by atoms with E-state index in [4.69, 9.17) is 0 Å². The van der Waals surface area contributed by atoms with Gasteiger partial charge in [-0.2, -0.15) is 5.10 Å². The van der Waals surface area contributed by atoms with E-state index in [-0.39, 0.29) is 30.3 Å². The van der Waals surface area contributed by atoms with Crippen molar-refractivity contribution < 1.29 is 14.4 Å². The Morgan fingerprint density at radius 2 is 1.55 bits per heavy atom. The molecule has 1 aromatic heterocycles. The first kappa shape index (κ1) is 33.6. The highest BCUT2D eigenvalue weighted by Gasteiger charge is 2.36. The largest absolute Gasteiger partial charge is 0.343 e. The van der Waals surface area contributed by atoms with Gasteiger partial charge in [-0.25, -0.2) is 4.79 Å². The fourth-order valence-electron chi connectivity index (χ4n) is 9.13. The number of hydrogen-bond acceptors (Lipinski definition) is 5. The summed E-state index contributed by atoms with van der Waals surface area (Å²) in [6.07, 6.45) is 9.58. The summed E-state index contributed by atoms with van der Waals surface area (Å²) in [5, 5.41) is 8.61. The minimum Gasteiger partial charge on any atom is -0.343 e. The topological polar surface area (TPSA) is 94.0 Å². The predicted octanol–water partition coefficient (Wildman–Crippen LogP) is 5.09. The number of nitrogens with one attached hydrogen (secondary N) is 1. The van der Waals surface area contributed by atoms with Crippen molar-refractivity contribution >= 4 is 34.4 Å². The van der Waals surface area contributed by atoms with Gasteiger partial charge >= 0.3 is 6.03 Å². The molecule has 5 heterocycles. The molecule has 3 aromatic rings. The van der Waals surface area contributed by atoms with Crippen LogP contribution in [0.1, 0.15) is 61.6 Å². The van der Waals surface area contributed by atoms with Gasteiger partial charge in [0.25, 0.3) is 0 Å². The smallest absolute Gasteiger partial charge is 0.322 e. The number of fused-ring (bicyclic) bond motifs is 2. The van der Waals surface area contributed by atoms with E-state index < -0.39 is 5.92 Å². The fraction of sp³-hybridized carbons (Fsp3) is 0.590. The van der Waals surface area contributed by atoms with Gasteiger partial charge in [-0.15, -0.1) is 0 Å². The molecule has 7 rings (SSSR count). The third kappa shape index (κ3) is 7.35. The highest BCUT2D eigenvalue weighted by Crippen LogP contribution is 2.34. The number of piperidine rings is 3. The molecule has 1 atom stereocenters. The summed E-state index contributed by atoms with van der Waals surface area (Å²) < 4.78 is 1.90. The van der Waals surface area contributed by atoms with Crippen LogP contribution in [-0.2, 0) is 29.5 Å². The maximum atomic E-state index is 14.3. The molecule has 0 aliphatic carbocycles. The molecule has 262 valence electrons. The minimum absolute atomic E-state index is 0.0462. The SMILES string of the molecule is Cc1cc(CC(CC(=O)N2CCC(N3CCc4ccccc4NC3=O)CC2)C(=O)N2CCC(C3CCN(C)CC3)CC2)cc2cnn(C)c12. The van der Waals surface area contributed by atoms with E-state index in [9.17, 15) is 14.4 Å². The Bertz CT molecular complexity index is 1660. The molecule has 1 unspecified atom stereocenters. The van der Waals surface area contributed by atoms with Gasteiger partial charge in [0.15, 0.2) is 0 Å². The van der Waals surface area contributed by atoms with E-state index in [1.165, 1.54) is 25.9 Å². The van der Waals surface area contributed by atoms with Crippen molar-refractivity contribution in [1.29, 1.82) is 0 Å². The summed E-state index contributed by atoms with van der Waals surface area (Å²) in [4.78, 5) is 49.8. The van der Waals surface area contributed by atoms with Crippen LogP contribution in [0.2, 0.25) is 0 Å². The van der Waals surface area contributed by atoms with Crippen LogP contribution in [0, 0.1) is 24.7 Å². The Labute approximate surface area is 290 Å². The Morgan fingerprint density at radius 3 is 2.29 bits per heavy atom. The molecule has 3 saturated heterocycles. The van der Waals surface area contributed by atoms with Crippen LogP contribution in [0.5, 0.6) is 0 Å². The van der Waals surface area contributed by atoms with Crippen LogP contribution < -0.4 is 5.32 Å². The zero-order valence-corrected chi connectivity index (χ0v) is 29.6. The Hall–Kier alpha value is -3.92. The van der Waals surface area contributed by atoms with E-state index in [2.05, 4.69) is 52.4 Å². The van der Waals surface area contributed by atoms with Gasteiger partial charge < -0.3 is 24.9 Å². The lowest BCUT2D eigenvalue weighted by Crippen LogP contribution is -2.50. The molecule has 4 amide bonds. The van der Waals surface area contributed by atoms with Crippen molar-refractivity contribution in [3.05, 3.63) is 59.3 Å². The third-order valence-electron chi connectivity index (χ3n) is 12.0. The Balaban J connectivity index is 1.01. The van der Waals surface area contributed by atoms with E-state index in [0.29, 0.717) is 32.0 Å². The number of amides is 4. The molecule has 3 fully saturated rings. The van der Waals surface area contributed by atoms with E-state index in [1.54, 1.807) is 0 Å². The zero-order valence-electron chi connectivity index (χ0n) is 29.6.